The van der Waals surface area contributed by atoms with Crippen LogP contribution in [0.4, 0.5) is 10.6 Å². The number of hydrogen-bond donors (Lipinski definition) is 2. The zero-order valence-electron chi connectivity index (χ0n) is 12.4. The van der Waals surface area contributed by atoms with Gasteiger partial charge in [-0.1, -0.05) is 13.0 Å². The predicted molar refractivity (Wildman–Crippen MR) is 79.9 cm³/mol. The maximum Gasteiger partial charge on any atom is 0.320 e. The van der Waals surface area contributed by atoms with Crippen LogP contribution in [0.2, 0.25) is 0 Å². The van der Waals surface area contributed by atoms with Crippen LogP contribution in [-0.4, -0.2) is 35.6 Å². The first-order valence-corrected chi connectivity index (χ1v) is 6.83. The highest BCUT2D eigenvalue weighted by Gasteiger charge is 2.11. The highest BCUT2D eigenvalue weighted by Crippen LogP contribution is 2.09. The zero-order valence-corrected chi connectivity index (χ0v) is 12.4. The topological polar surface area (TPSA) is 68.2 Å². The van der Waals surface area contributed by atoms with Crippen molar-refractivity contribution >= 4 is 11.8 Å². The summed E-state index contributed by atoms with van der Waals surface area (Å²) < 4.78 is 6.84. The molecule has 0 saturated carbocycles. The van der Waals surface area contributed by atoms with Gasteiger partial charge in [0.05, 0.1) is 12.6 Å². The normalized spacial score (nSPS) is 13.6. The molecule has 1 heterocycles. The average Bonchev–Trinajstić information content (AvgIpc) is 2.87. The molecule has 0 aliphatic heterocycles. The Hall–Kier alpha value is -1.82. The summed E-state index contributed by atoms with van der Waals surface area (Å²) >= 11 is 0. The fraction of sp³-hybridized carbons (Fsp3) is 0.571. The number of carbonyl (C=O) groups is 1. The largest absolute Gasteiger partial charge is 0.382 e. The van der Waals surface area contributed by atoms with Crippen molar-refractivity contribution in [3.63, 3.8) is 0 Å². The number of ether oxygens (including phenoxy) is 1. The molecule has 0 spiro atoms. The highest BCUT2D eigenvalue weighted by atomic mass is 16.5. The summed E-state index contributed by atoms with van der Waals surface area (Å²) in [4.78, 5) is 11.8. The van der Waals surface area contributed by atoms with Crippen molar-refractivity contribution < 1.29 is 9.53 Å². The molecular formula is C14H24N4O2. The van der Waals surface area contributed by atoms with E-state index < -0.39 is 0 Å². The van der Waals surface area contributed by atoms with Crippen LogP contribution in [0.15, 0.2) is 24.9 Å². The van der Waals surface area contributed by atoms with Gasteiger partial charge in [-0.3, -0.25) is 10.00 Å². The van der Waals surface area contributed by atoms with Crippen molar-refractivity contribution in [2.45, 2.75) is 38.8 Å². The molecule has 6 heteroatoms. The molecule has 0 radical (unpaired) electrons. The number of methoxy groups -OCH3 is 1. The van der Waals surface area contributed by atoms with Crippen molar-refractivity contribution in [1.29, 1.82) is 0 Å². The Morgan fingerprint density at radius 3 is 3.00 bits per heavy atom. The van der Waals surface area contributed by atoms with Crippen LogP contribution in [0, 0.1) is 0 Å². The molecule has 0 bridgehead atoms. The Bertz CT molecular complexity index is 431. The molecule has 2 N–H and O–H groups in total. The number of amides is 2. The van der Waals surface area contributed by atoms with Gasteiger partial charge in [0.2, 0.25) is 0 Å². The van der Waals surface area contributed by atoms with Crippen LogP contribution in [0.3, 0.4) is 0 Å². The molecule has 2 amide bonds. The third kappa shape index (κ3) is 5.05. The second-order valence-corrected chi connectivity index (χ2v) is 4.71. The Balaban J connectivity index is 2.51. The van der Waals surface area contributed by atoms with E-state index in [0.717, 1.165) is 12.8 Å². The third-order valence-corrected chi connectivity index (χ3v) is 2.99. The number of urea groups is 1. The first-order valence-electron chi connectivity index (χ1n) is 6.83. The molecule has 1 aromatic heterocycles. The van der Waals surface area contributed by atoms with E-state index in [4.69, 9.17) is 4.74 Å². The number of nitrogens with one attached hydrogen (secondary N) is 2. The van der Waals surface area contributed by atoms with Crippen LogP contribution in [0.5, 0.6) is 0 Å². The lowest BCUT2D eigenvalue weighted by Gasteiger charge is -2.15. The van der Waals surface area contributed by atoms with E-state index in [1.807, 2.05) is 20.0 Å². The summed E-state index contributed by atoms with van der Waals surface area (Å²) in [6.07, 6.45) is 5.23. The number of hydrogen-bond acceptors (Lipinski definition) is 3. The zero-order chi connectivity index (χ0) is 15.0. The van der Waals surface area contributed by atoms with Gasteiger partial charge in [0.15, 0.2) is 5.82 Å². The van der Waals surface area contributed by atoms with Crippen LogP contribution in [0.25, 0.3) is 0 Å². The summed E-state index contributed by atoms with van der Waals surface area (Å²) in [5.74, 6) is 0.527. The maximum atomic E-state index is 11.8. The SMILES string of the molecule is C=CC[C@@H](CC)NC(=O)Nc1ccn([C@@H](C)COC)n1. The van der Waals surface area contributed by atoms with E-state index in [-0.39, 0.29) is 18.1 Å². The summed E-state index contributed by atoms with van der Waals surface area (Å²) in [7, 11) is 1.65. The van der Waals surface area contributed by atoms with Gasteiger partial charge in [-0.25, -0.2) is 4.79 Å². The Morgan fingerprint density at radius 2 is 2.40 bits per heavy atom. The molecule has 1 rings (SSSR count). The van der Waals surface area contributed by atoms with Crippen molar-refractivity contribution in [1.82, 2.24) is 15.1 Å². The van der Waals surface area contributed by atoms with E-state index in [1.54, 1.807) is 23.9 Å². The number of carbonyl (C=O) groups excluding carboxylic acids is 1. The van der Waals surface area contributed by atoms with Crippen LogP contribution in [0.1, 0.15) is 32.7 Å². The van der Waals surface area contributed by atoms with Crippen molar-refractivity contribution in [3.05, 3.63) is 24.9 Å². The Kier molecular flexibility index (Phi) is 6.79. The van der Waals surface area contributed by atoms with E-state index >= 15 is 0 Å². The van der Waals surface area contributed by atoms with E-state index in [9.17, 15) is 4.79 Å². The molecule has 112 valence electrons. The molecule has 20 heavy (non-hydrogen) atoms. The van der Waals surface area contributed by atoms with Gasteiger partial charge in [0, 0.05) is 25.4 Å². The molecule has 0 aromatic carbocycles. The van der Waals surface area contributed by atoms with Gasteiger partial charge in [-0.2, -0.15) is 5.10 Å². The quantitative estimate of drug-likeness (QED) is 0.719. The molecule has 2 atom stereocenters. The summed E-state index contributed by atoms with van der Waals surface area (Å²) in [6.45, 7) is 8.28. The van der Waals surface area contributed by atoms with Crippen molar-refractivity contribution in [2.75, 3.05) is 19.0 Å². The van der Waals surface area contributed by atoms with Gasteiger partial charge < -0.3 is 10.1 Å². The lowest BCUT2D eigenvalue weighted by molar-refractivity contribution is 0.157. The molecule has 0 saturated heterocycles. The number of aromatic nitrogens is 2. The first kappa shape index (κ1) is 16.2. The van der Waals surface area contributed by atoms with Crippen LogP contribution >= 0.6 is 0 Å². The fourth-order valence-electron chi connectivity index (χ4n) is 1.83. The molecule has 6 nitrogen and oxygen atoms in total. The summed E-state index contributed by atoms with van der Waals surface area (Å²) in [5, 5.41) is 9.90. The lowest BCUT2D eigenvalue weighted by atomic mass is 10.1. The van der Waals surface area contributed by atoms with Crippen molar-refractivity contribution in [2.24, 2.45) is 0 Å². The van der Waals surface area contributed by atoms with E-state index in [0.29, 0.717) is 12.4 Å². The summed E-state index contributed by atoms with van der Waals surface area (Å²) in [5.41, 5.74) is 0. The summed E-state index contributed by atoms with van der Waals surface area (Å²) in [6, 6.07) is 1.74. The minimum absolute atomic E-state index is 0.0991. The third-order valence-electron chi connectivity index (χ3n) is 2.99. The molecule has 0 fully saturated rings. The lowest BCUT2D eigenvalue weighted by Crippen LogP contribution is -2.37. The first-order chi connectivity index (χ1) is 9.60. The molecular weight excluding hydrogens is 256 g/mol. The molecule has 0 aliphatic rings. The van der Waals surface area contributed by atoms with E-state index in [1.165, 1.54) is 0 Å². The minimum Gasteiger partial charge on any atom is -0.382 e. The van der Waals surface area contributed by atoms with Gasteiger partial charge in [-0.15, -0.1) is 6.58 Å². The molecule has 0 aliphatic carbocycles. The maximum absolute atomic E-state index is 11.8. The van der Waals surface area contributed by atoms with Crippen LogP contribution < -0.4 is 10.6 Å². The number of rotatable bonds is 8. The van der Waals surface area contributed by atoms with Gasteiger partial charge >= 0.3 is 6.03 Å². The van der Waals surface area contributed by atoms with Gasteiger partial charge in [-0.05, 0) is 19.8 Å². The number of anilines is 1. The second kappa shape index (κ2) is 8.37. The fourth-order valence-corrected chi connectivity index (χ4v) is 1.83. The monoisotopic (exact) mass is 280 g/mol. The predicted octanol–water partition coefficient (Wildman–Crippen LogP) is 2.57. The van der Waals surface area contributed by atoms with Gasteiger partial charge in [0.25, 0.3) is 0 Å². The van der Waals surface area contributed by atoms with Crippen LogP contribution in [-0.2, 0) is 4.74 Å². The van der Waals surface area contributed by atoms with Gasteiger partial charge in [0.1, 0.15) is 0 Å². The smallest absolute Gasteiger partial charge is 0.320 e. The molecule has 1 aromatic rings. The van der Waals surface area contributed by atoms with Crippen molar-refractivity contribution in [3.8, 4) is 0 Å². The Morgan fingerprint density at radius 1 is 1.65 bits per heavy atom. The van der Waals surface area contributed by atoms with E-state index in [2.05, 4.69) is 22.3 Å². The highest BCUT2D eigenvalue weighted by molar-refractivity contribution is 5.88. The minimum atomic E-state index is -0.247. The standard InChI is InChI=1S/C14H24N4O2/c1-5-7-12(6-2)15-14(19)16-13-8-9-18(17-13)11(3)10-20-4/h5,8-9,11-12H,1,6-7,10H2,2-4H3,(H2,15,16,17,19)/t11-,12+/m0/s1. The second-order valence-electron chi connectivity index (χ2n) is 4.71. The molecule has 0 unspecified atom stereocenters. The number of nitrogens with zero attached hydrogens (tertiary/aromatic N) is 2. The average molecular weight is 280 g/mol. The Labute approximate surface area is 120 Å².